The van der Waals surface area contributed by atoms with Crippen molar-refractivity contribution in [2.24, 2.45) is 0 Å². The fraction of sp³-hybridized carbons (Fsp3) is 0.0952. The minimum Gasteiger partial charge on any atom is -1.00 e. The maximum absolute atomic E-state index is 6.10. The number of nitrogens with zero attached hydrogens (tertiary/aromatic N) is 1. The molecule has 1 heterocycles. The SMILES string of the molecule is CC[n+]1c(-c2ccccc2)c2cc(N)ccc2c2ccc(N)cc21.Cl.[Cs+].[H-]. The Kier molecular flexibility index (Phi) is 7.45. The number of rotatable bonds is 2. The van der Waals surface area contributed by atoms with E-state index in [-0.39, 0.29) is 82.7 Å². The molecule has 3 nitrogen and oxygen atoms in total. The van der Waals surface area contributed by atoms with Gasteiger partial charge < -0.3 is 12.9 Å². The molecule has 0 saturated heterocycles. The molecule has 0 fully saturated rings. The molecule has 128 valence electrons. The summed E-state index contributed by atoms with van der Waals surface area (Å²) in [5, 5.41) is 3.56. The third-order valence-electron chi connectivity index (χ3n) is 4.53. The van der Waals surface area contributed by atoms with Gasteiger partial charge in [0.25, 0.3) is 0 Å². The van der Waals surface area contributed by atoms with Gasteiger partial charge in [-0.1, -0.05) is 24.3 Å². The molecule has 26 heavy (non-hydrogen) atoms. The van der Waals surface area contributed by atoms with Gasteiger partial charge in [0.05, 0.1) is 10.8 Å². The molecule has 0 aliphatic heterocycles. The first-order valence-corrected chi connectivity index (χ1v) is 8.18. The molecular weight excluding hydrogens is 463 g/mol. The number of nitrogens with two attached hydrogens (primary N) is 2. The number of anilines is 2. The Morgan fingerprint density at radius 2 is 1.42 bits per heavy atom. The molecule has 5 heteroatoms. The van der Waals surface area contributed by atoms with Gasteiger partial charge in [-0.15, -0.1) is 12.4 Å². The van der Waals surface area contributed by atoms with Crippen LogP contribution in [-0.4, -0.2) is 0 Å². The minimum atomic E-state index is 0. The molecule has 0 saturated carbocycles. The second kappa shape index (κ2) is 8.97. The molecule has 0 amide bonds. The molecule has 0 aliphatic carbocycles. The second-order valence-electron chi connectivity index (χ2n) is 6.04. The van der Waals surface area contributed by atoms with Crippen LogP contribution in [0.2, 0.25) is 0 Å². The maximum atomic E-state index is 6.10. The van der Waals surface area contributed by atoms with Gasteiger partial charge in [0.2, 0.25) is 11.2 Å². The van der Waals surface area contributed by atoms with Crippen molar-refractivity contribution in [2.75, 3.05) is 11.5 Å². The van der Waals surface area contributed by atoms with Crippen molar-refractivity contribution in [1.82, 2.24) is 0 Å². The third kappa shape index (κ3) is 3.78. The number of halogens is 1. The summed E-state index contributed by atoms with van der Waals surface area (Å²) in [6.45, 7) is 3.02. The van der Waals surface area contributed by atoms with E-state index < -0.39 is 0 Å². The summed E-state index contributed by atoms with van der Waals surface area (Å²) in [6.07, 6.45) is 0. The van der Waals surface area contributed by atoms with Crippen molar-refractivity contribution in [3.05, 3.63) is 66.7 Å². The fourth-order valence-corrected chi connectivity index (χ4v) is 3.49. The Morgan fingerprint density at radius 3 is 2.08 bits per heavy atom. The quantitative estimate of drug-likeness (QED) is 0.258. The van der Waals surface area contributed by atoms with Crippen molar-refractivity contribution in [2.45, 2.75) is 13.5 Å². The van der Waals surface area contributed by atoms with Gasteiger partial charge in [-0.25, -0.2) is 0 Å². The van der Waals surface area contributed by atoms with Crippen LogP contribution in [0.15, 0.2) is 66.7 Å². The predicted molar refractivity (Wildman–Crippen MR) is 110 cm³/mol. The van der Waals surface area contributed by atoms with E-state index in [0.717, 1.165) is 23.4 Å². The fourth-order valence-electron chi connectivity index (χ4n) is 3.49. The average molecular weight is 485 g/mol. The van der Waals surface area contributed by atoms with E-state index in [1.807, 2.05) is 18.2 Å². The van der Waals surface area contributed by atoms with E-state index in [1.54, 1.807) is 0 Å². The van der Waals surface area contributed by atoms with Crippen molar-refractivity contribution in [1.29, 1.82) is 0 Å². The number of hydrogen-bond acceptors (Lipinski definition) is 2. The van der Waals surface area contributed by atoms with Crippen molar-refractivity contribution >= 4 is 45.5 Å². The number of pyridine rings is 1. The van der Waals surface area contributed by atoms with Crippen LogP contribution < -0.4 is 84.9 Å². The molecule has 0 bridgehead atoms. The summed E-state index contributed by atoms with van der Waals surface area (Å²) < 4.78 is 2.32. The van der Waals surface area contributed by atoms with E-state index in [9.17, 15) is 0 Å². The summed E-state index contributed by atoms with van der Waals surface area (Å²) in [6, 6.07) is 22.7. The topological polar surface area (TPSA) is 55.9 Å². The van der Waals surface area contributed by atoms with Crippen LogP contribution in [0.5, 0.6) is 0 Å². The van der Waals surface area contributed by atoms with Crippen molar-refractivity contribution < 1.29 is 74.9 Å². The molecule has 0 atom stereocenters. The number of fused-ring (bicyclic) bond motifs is 3. The number of nitrogen functional groups attached to an aromatic ring is 2. The summed E-state index contributed by atoms with van der Waals surface area (Å²) in [4.78, 5) is 0. The normalized spacial score (nSPS) is 10.3. The van der Waals surface area contributed by atoms with Crippen LogP contribution >= 0.6 is 12.4 Å². The van der Waals surface area contributed by atoms with Gasteiger partial charge in [-0.3, -0.25) is 0 Å². The molecule has 0 aliphatic rings. The zero-order chi connectivity index (χ0) is 16.7. The molecule has 3 aromatic carbocycles. The van der Waals surface area contributed by atoms with Gasteiger partial charge in [0, 0.05) is 28.4 Å². The maximum Gasteiger partial charge on any atom is 1.00 e. The Bertz CT molecular complexity index is 1070. The first-order chi connectivity index (χ1) is 11.7. The van der Waals surface area contributed by atoms with E-state index in [2.05, 4.69) is 60.0 Å². The largest absolute Gasteiger partial charge is 1.00 e. The van der Waals surface area contributed by atoms with Crippen LogP contribution in [0, 0.1) is 0 Å². The summed E-state index contributed by atoms with van der Waals surface area (Å²) in [5.74, 6) is 0. The molecule has 1 aromatic heterocycles. The Morgan fingerprint density at radius 1 is 0.808 bits per heavy atom. The number of aromatic nitrogens is 1. The van der Waals surface area contributed by atoms with Crippen molar-refractivity contribution in [3.63, 3.8) is 0 Å². The molecule has 4 N–H and O–H groups in total. The van der Waals surface area contributed by atoms with E-state index in [1.165, 1.54) is 27.4 Å². The Balaban J connectivity index is 0.00000121. The van der Waals surface area contributed by atoms with E-state index in [4.69, 9.17) is 11.5 Å². The zero-order valence-corrected chi connectivity index (χ0v) is 22.2. The van der Waals surface area contributed by atoms with Crippen LogP contribution in [0.25, 0.3) is 32.9 Å². The number of benzene rings is 3. The molecule has 4 rings (SSSR count). The Labute approximate surface area is 220 Å². The Hall–Kier alpha value is -0.728. The molecule has 0 unspecified atom stereocenters. The van der Waals surface area contributed by atoms with Crippen molar-refractivity contribution in [3.8, 4) is 11.3 Å². The summed E-state index contributed by atoms with van der Waals surface area (Å²) in [5.41, 5.74) is 17.2. The molecule has 0 spiro atoms. The van der Waals surface area contributed by atoms with Gasteiger partial charge in [0.1, 0.15) is 6.54 Å². The monoisotopic (exact) mass is 484 g/mol. The van der Waals surface area contributed by atoms with E-state index in [0.29, 0.717) is 0 Å². The van der Waals surface area contributed by atoms with Gasteiger partial charge >= 0.3 is 68.9 Å². The minimum absolute atomic E-state index is 0. The third-order valence-corrected chi connectivity index (χ3v) is 4.53. The number of aryl methyl sites for hydroxylation is 1. The number of hydrogen-bond donors (Lipinski definition) is 2. The first-order valence-electron chi connectivity index (χ1n) is 8.18. The van der Waals surface area contributed by atoms with Gasteiger partial charge in [-0.05, 0) is 43.3 Å². The predicted octanol–water partition coefficient (Wildman–Crippen LogP) is 1.67. The van der Waals surface area contributed by atoms with Crippen LogP contribution in [0.1, 0.15) is 8.35 Å². The van der Waals surface area contributed by atoms with Crippen LogP contribution in [-0.2, 0) is 6.54 Å². The summed E-state index contributed by atoms with van der Waals surface area (Å²) in [7, 11) is 0. The molecule has 0 radical (unpaired) electrons. The van der Waals surface area contributed by atoms with Crippen LogP contribution in [0.4, 0.5) is 11.4 Å². The van der Waals surface area contributed by atoms with Gasteiger partial charge in [-0.2, -0.15) is 4.57 Å². The smallest absolute Gasteiger partial charge is 1.00 e. The second-order valence-corrected chi connectivity index (χ2v) is 6.04. The van der Waals surface area contributed by atoms with E-state index >= 15 is 0 Å². The molecular formula is C21H22ClCsN3+. The standard InChI is InChI=1S/C21H19N3.ClH.Cs.H/c1-2-24-20-13-16(23)9-11-18(20)17-10-8-15(22)12-19(17)21(24)14-6-4-3-5-7-14;;;/h3-13,23H,2,22H2,1H3;1H;;/q;;+1;-1/p+1. The van der Waals surface area contributed by atoms with Gasteiger partial charge in [0.15, 0.2) is 0 Å². The first kappa shape index (κ1) is 21.6. The van der Waals surface area contributed by atoms with Crippen LogP contribution in [0.3, 0.4) is 0 Å². The summed E-state index contributed by atoms with van der Waals surface area (Å²) >= 11 is 0. The molecule has 4 aromatic rings. The zero-order valence-electron chi connectivity index (χ0n) is 16.1. The average Bonchev–Trinajstić information content (AvgIpc) is 2.61.